The highest BCUT2D eigenvalue weighted by molar-refractivity contribution is 7.07. The van der Waals surface area contributed by atoms with Crippen molar-refractivity contribution in [2.45, 2.75) is 63.8 Å². The number of thiophene rings is 1. The van der Waals surface area contributed by atoms with Crippen molar-refractivity contribution < 1.29 is 0 Å². The summed E-state index contributed by atoms with van der Waals surface area (Å²) in [4.78, 5) is 0. The zero-order valence-corrected chi connectivity index (χ0v) is 11.8. The van der Waals surface area contributed by atoms with E-state index in [1.165, 1.54) is 56.9 Å². The molecule has 0 saturated heterocycles. The molecule has 96 valence electrons. The second-order valence-corrected chi connectivity index (χ2v) is 6.51. The lowest BCUT2D eigenvalue weighted by molar-refractivity contribution is 0.214. The van der Waals surface area contributed by atoms with Gasteiger partial charge in [-0.05, 0) is 66.8 Å². The Morgan fingerprint density at radius 3 is 2.76 bits per heavy atom. The van der Waals surface area contributed by atoms with Crippen molar-refractivity contribution in [3.8, 4) is 0 Å². The molecule has 0 spiro atoms. The van der Waals surface area contributed by atoms with Crippen LogP contribution in [0.25, 0.3) is 0 Å². The molecule has 2 rings (SSSR count). The summed E-state index contributed by atoms with van der Waals surface area (Å²) in [6.07, 6.45) is 10.3. The van der Waals surface area contributed by atoms with E-state index in [0.717, 1.165) is 5.92 Å². The van der Waals surface area contributed by atoms with Gasteiger partial charge in [0.25, 0.3) is 0 Å². The van der Waals surface area contributed by atoms with Crippen LogP contribution in [0.3, 0.4) is 0 Å². The first-order valence-electron chi connectivity index (χ1n) is 7.02. The molecule has 2 heteroatoms. The maximum atomic E-state index is 6.54. The highest BCUT2D eigenvalue weighted by atomic mass is 32.1. The molecule has 1 nitrogen and oxygen atoms in total. The number of nitrogens with two attached hydrogens (primary N) is 1. The van der Waals surface area contributed by atoms with Crippen molar-refractivity contribution in [2.24, 2.45) is 11.7 Å². The fourth-order valence-corrected chi connectivity index (χ4v) is 3.73. The normalized spacial score (nSPS) is 29.4. The molecule has 17 heavy (non-hydrogen) atoms. The standard InChI is InChI=1S/C15H25NS/c1-2-3-13-4-8-15(16,9-5-13)10-6-14-7-11-17-12-14/h7,11-13H,2-6,8-10,16H2,1H3. The minimum atomic E-state index is 0.131. The zero-order valence-electron chi connectivity index (χ0n) is 11.0. The smallest absolute Gasteiger partial charge is 0.0157 e. The average molecular weight is 251 g/mol. The average Bonchev–Trinajstić information content (AvgIpc) is 2.84. The second kappa shape index (κ2) is 6.01. The quantitative estimate of drug-likeness (QED) is 0.826. The first-order chi connectivity index (χ1) is 8.22. The first kappa shape index (κ1) is 13.1. The van der Waals surface area contributed by atoms with Gasteiger partial charge < -0.3 is 5.73 Å². The molecular weight excluding hydrogens is 226 g/mol. The third kappa shape index (κ3) is 3.82. The number of hydrogen-bond acceptors (Lipinski definition) is 2. The summed E-state index contributed by atoms with van der Waals surface area (Å²) < 4.78 is 0. The van der Waals surface area contributed by atoms with Crippen LogP contribution in [0.4, 0.5) is 0 Å². The van der Waals surface area contributed by atoms with Crippen LogP contribution >= 0.6 is 11.3 Å². The van der Waals surface area contributed by atoms with Gasteiger partial charge in [-0.25, -0.2) is 0 Å². The highest BCUT2D eigenvalue weighted by Crippen LogP contribution is 2.35. The summed E-state index contributed by atoms with van der Waals surface area (Å²) in [6, 6.07) is 2.23. The molecule has 0 bridgehead atoms. The van der Waals surface area contributed by atoms with Gasteiger partial charge in [-0.1, -0.05) is 19.8 Å². The molecule has 1 aromatic rings. The van der Waals surface area contributed by atoms with E-state index in [2.05, 4.69) is 23.8 Å². The van der Waals surface area contributed by atoms with Crippen molar-refractivity contribution in [3.63, 3.8) is 0 Å². The fraction of sp³-hybridized carbons (Fsp3) is 0.733. The van der Waals surface area contributed by atoms with Crippen LogP contribution < -0.4 is 5.73 Å². The summed E-state index contributed by atoms with van der Waals surface area (Å²) in [5.41, 5.74) is 8.14. The van der Waals surface area contributed by atoms with Crippen molar-refractivity contribution >= 4 is 11.3 Å². The largest absolute Gasteiger partial charge is 0.325 e. The molecule has 0 aliphatic heterocycles. The van der Waals surface area contributed by atoms with Gasteiger partial charge in [0.2, 0.25) is 0 Å². The molecular formula is C15H25NS. The lowest BCUT2D eigenvalue weighted by Crippen LogP contribution is -2.43. The summed E-state index contributed by atoms with van der Waals surface area (Å²) >= 11 is 1.79. The zero-order chi connectivity index (χ0) is 12.1. The highest BCUT2D eigenvalue weighted by Gasteiger charge is 2.30. The van der Waals surface area contributed by atoms with Crippen LogP contribution in [0.5, 0.6) is 0 Å². The van der Waals surface area contributed by atoms with Gasteiger partial charge in [0.15, 0.2) is 0 Å². The molecule has 0 aromatic carbocycles. The van der Waals surface area contributed by atoms with Crippen LogP contribution in [-0.4, -0.2) is 5.54 Å². The van der Waals surface area contributed by atoms with Gasteiger partial charge in [-0.15, -0.1) is 0 Å². The van der Waals surface area contributed by atoms with E-state index < -0.39 is 0 Å². The maximum absolute atomic E-state index is 6.54. The molecule has 1 aliphatic carbocycles. The lowest BCUT2D eigenvalue weighted by atomic mass is 9.73. The Hall–Kier alpha value is -0.340. The SMILES string of the molecule is CCCC1CCC(N)(CCc2ccsc2)CC1. The summed E-state index contributed by atoms with van der Waals surface area (Å²) in [5, 5.41) is 4.42. The number of hydrogen-bond donors (Lipinski definition) is 1. The van der Waals surface area contributed by atoms with Crippen molar-refractivity contribution in [2.75, 3.05) is 0 Å². The fourth-order valence-electron chi connectivity index (χ4n) is 3.03. The Morgan fingerprint density at radius 2 is 2.18 bits per heavy atom. The molecule has 1 aliphatic rings. The predicted molar refractivity (Wildman–Crippen MR) is 76.4 cm³/mol. The van der Waals surface area contributed by atoms with E-state index >= 15 is 0 Å². The predicted octanol–water partition coefficient (Wildman–Crippen LogP) is 4.37. The third-order valence-electron chi connectivity index (χ3n) is 4.29. The van der Waals surface area contributed by atoms with E-state index in [9.17, 15) is 0 Å². The number of aryl methyl sites for hydroxylation is 1. The van der Waals surface area contributed by atoms with Gasteiger partial charge in [0, 0.05) is 5.54 Å². The Balaban J connectivity index is 1.77. The minimum absolute atomic E-state index is 0.131. The lowest BCUT2D eigenvalue weighted by Gasteiger charge is -2.37. The Labute approximate surface area is 109 Å². The summed E-state index contributed by atoms with van der Waals surface area (Å²) in [7, 11) is 0. The van der Waals surface area contributed by atoms with E-state index in [-0.39, 0.29) is 5.54 Å². The maximum Gasteiger partial charge on any atom is 0.0157 e. The molecule has 1 aromatic heterocycles. The topological polar surface area (TPSA) is 26.0 Å². The Bertz CT molecular complexity index is 310. The molecule has 1 saturated carbocycles. The molecule has 2 N–H and O–H groups in total. The Morgan fingerprint density at radius 1 is 1.41 bits per heavy atom. The summed E-state index contributed by atoms with van der Waals surface area (Å²) in [6.45, 7) is 2.29. The van der Waals surface area contributed by atoms with E-state index in [1.54, 1.807) is 11.3 Å². The Kier molecular flexibility index (Phi) is 4.63. The second-order valence-electron chi connectivity index (χ2n) is 5.73. The van der Waals surface area contributed by atoms with Crippen LogP contribution in [0.15, 0.2) is 16.8 Å². The third-order valence-corrected chi connectivity index (χ3v) is 5.02. The van der Waals surface area contributed by atoms with E-state index in [4.69, 9.17) is 5.73 Å². The molecule has 0 radical (unpaired) electrons. The number of rotatable bonds is 5. The van der Waals surface area contributed by atoms with Crippen LogP contribution in [0, 0.1) is 5.92 Å². The van der Waals surface area contributed by atoms with E-state index in [1.807, 2.05) is 0 Å². The van der Waals surface area contributed by atoms with Gasteiger partial charge in [-0.3, -0.25) is 0 Å². The van der Waals surface area contributed by atoms with E-state index in [0.29, 0.717) is 0 Å². The van der Waals surface area contributed by atoms with Crippen LogP contribution in [0.1, 0.15) is 57.4 Å². The van der Waals surface area contributed by atoms with Gasteiger partial charge in [0.05, 0.1) is 0 Å². The molecule has 0 atom stereocenters. The molecule has 0 unspecified atom stereocenters. The van der Waals surface area contributed by atoms with Crippen LogP contribution in [0.2, 0.25) is 0 Å². The van der Waals surface area contributed by atoms with Crippen molar-refractivity contribution in [1.82, 2.24) is 0 Å². The van der Waals surface area contributed by atoms with Crippen LogP contribution in [-0.2, 0) is 6.42 Å². The minimum Gasteiger partial charge on any atom is -0.325 e. The van der Waals surface area contributed by atoms with Crippen molar-refractivity contribution in [3.05, 3.63) is 22.4 Å². The molecule has 0 amide bonds. The summed E-state index contributed by atoms with van der Waals surface area (Å²) in [5.74, 6) is 0.956. The molecule has 1 fully saturated rings. The molecule has 1 heterocycles. The van der Waals surface area contributed by atoms with Gasteiger partial charge in [0.1, 0.15) is 0 Å². The monoisotopic (exact) mass is 251 g/mol. The van der Waals surface area contributed by atoms with Gasteiger partial charge >= 0.3 is 0 Å². The van der Waals surface area contributed by atoms with Crippen molar-refractivity contribution in [1.29, 1.82) is 0 Å². The van der Waals surface area contributed by atoms with Gasteiger partial charge in [-0.2, -0.15) is 11.3 Å². The first-order valence-corrected chi connectivity index (χ1v) is 7.96.